The second kappa shape index (κ2) is 9.88. The summed E-state index contributed by atoms with van der Waals surface area (Å²) in [6.07, 6.45) is 3.82. The standard InChI is InChI=1S/C13H26N2O3/c1-4-5-11(6-7-12(16)17)8-9-15-13(18)10(2)14-3/h10-11,14H,4-9H2,1-3H3,(H,15,18)(H,16,17). The number of nitrogens with one attached hydrogen (secondary N) is 2. The third-order valence-electron chi connectivity index (χ3n) is 3.14. The molecule has 18 heavy (non-hydrogen) atoms. The van der Waals surface area contributed by atoms with Crippen molar-refractivity contribution in [3.63, 3.8) is 0 Å². The average molecular weight is 258 g/mol. The molecule has 0 aliphatic rings. The van der Waals surface area contributed by atoms with Gasteiger partial charge in [-0.15, -0.1) is 0 Å². The van der Waals surface area contributed by atoms with Gasteiger partial charge in [-0.05, 0) is 32.7 Å². The van der Waals surface area contributed by atoms with Crippen molar-refractivity contribution < 1.29 is 14.7 Å². The number of likely N-dealkylation sites (N-methyl/N-ethyl adjacent to an activating group) is 1. The first-order valence-corrected chi connectivity index (χ1v) is 6.68. The fourth-order valence-electron chi connectivity index (χ4n) is 1.85. The minimum absolute atomic E-state index is 0.00835. The fourth-order valence-corrected chi connectivity index (χ4v) is 1.85. The van der Waals surface area contributed by atoms with E-state index < -0.39 is 5.97 Å². The Morgan fingerprint density at radius 3 is 2.39 bits per heavy atom. The Morgan fingerprint density at radius 2 is 1.89 bits per heavy atom. The Kier molecular flexibility index (Phi) is 9.28. The third-order valence-corrected chi connectivity index (χ3v) is 3.14. The normalized spacial score (nSPS) is 13.9. The number of carboxylic acid groups (broad SMARTS) is 1. The van der Waals surface area contributed by atoms with Crippen LogP contribution in [0.15, 0.2) is 0 Å². The van der Waals surface area contributed by atoms with Crippen LogP contribution in [0.5, 0.6) is 0 Å². The lowest BCUT2D eigenvalue weighted by atomic mass is 9.94. The van der Waals surface area contributed by atoms with E-state index in [2.05, 4.69) is 17.6 Å². The van der Waals surface area contributed by atoms with Crippen LogP contribution in [0.3, 0.4) is 0 Å². The number of carbonyl (C=O) groups is 2. The van der Waals surface area contributed by atoms with Gasteiger partial charge >= 0.3 is 5.97 Å². The lowest BCUT2D eigenvalue weighted by Gasteiger charge is -2.16. The summed E-state index contributed by atoms with van der Waals surface area (Å²) in [5, 5.41) is 14.4. The molecule has 0 heterocycles. The van der Waals surface area contributed by atoms with E-state index in [4.69, 9.17) is 5.11 Å². The van der Waals surface area contributed by atoms with Gasteiger partial charge in [0.2, 0.25) is 5.91 Å². The first kappa shape index (κ1) is 16.9. The largest absolute Gasteiger partial charge is 0.481 e. The van der Waals surface area contributed by atoms with Gasteiger partial charge in [0.15, 0.2) is 0 Å². The first-order chi connectivity index (χ1) is 8.51. The van der Waals surface area contributed by atoms with E-state index >= 15 is 0 Å². The number of rotatable bonds is 10. The summed E-state index contributed by atoms with van der Waals surface area (Å²) in [5.74, 6) is -0.369. The van der Waals surface area contributed by atoms with Gasteiger partial charge in [0.05, 0.1) is 6.04 Å². The zero-order valence-electron chi connectivity index (χ0n) is 11.7. The van der Waals surface area contributed by atoms with Crippen molar-refractivity contribution in [3.8, 4) is 0 Å². The lowest BCUT2D eigenvalue weighted by Crippen LogP contribution is -2.41. The molecule has 0 fully saturated rings. The second-order valence-corrected chi connectivity index (χ2v) is 4.68. The summed E-state index contributed by atoms with van der Waals surface area (Å²) < 4.78 is 0. The van der Waals surface area contributed by atoms with Crippen molar-refractivity contribution in [2.24, 2.45) is 5.92 Å². The Balaban J connectivity index is 3.88. The molecule has 5 heteroatoms. The molecule has 0 bridgehead atoms. The molecule has 1 amide bonds. The maximum atomic E-state index is 11.5. The molecule has 0 aliphatic carbocycles. The van der Waals surface area contributed by atoms with Crippen molar-refractivity contribution in [3.05, 3.63) is 0 Å². The number of hydrogen-bond acceptors (Lipinski definition) is 3. The Morgan fingerprint density at radius 1 is 1.22 bits per heavy atom. The highest BCUT2D eigenvalue weighted by Crippen LogP contribution is 2.17. The summed E-state index contributed by atoms with van der Waals surface area (Å²) in [4.78, 5) is 22.1. The molecule has 2 unspecified atom stereocenters. The highest BCUT2D eigenvalue weighted by atomic mass is 16.4. The van der Waals surface area contributed by atoms with Gasteiger partial charge in [-0.1, -0.05) is 19.8 Å². The van der Waals surface area contributed by atoms with Crippen LogP contribution >= 0.6 is 0 Å². The fraction of sp³-hybridized carbons (Fsp3) is 0.846. The van der Waals surface area contributed by atoms with Gasteiger partial charge in [-0.3, -0.25) is 9.59 Å². The maximum Gasteiger partial charge on any atom is 0.303 e. The average Bonchev–Trinajstić information content (AvgIpc) is 2.34. The second-order valence-electron chi connectivity index (χ2n) is 4.68. The van der Waals surface area contributed by atoms with E-state index in [0.717, 1.165) is 19.3 Å². The number of hydrogen-bond donors (Lipinski definition) is 3. The van der Waals surface area contributed by atoms with Crippen molar-refractivity contribution >= 4 is 11.9 Å². The molecule has 0 aliphatic heterocycles. The number of carboxylic acids is 1. The highest BCUT2D eigenvalue weighted by Gasteiger charge is 2.12. The van der Waals surface area contributed by atoms with Gasteiger partial charge in [-0.25, -0.2) is 0 Å². The molecule has 106 valence electrons. The quantitative estimate of drug-likeness (QED) is 0.553. The van der Waals surface area contributed by atoms with Gasteiger partial charge in [-0.2, -0.15) is 0 Å². The Bertz CT molecular complexity index is 257. The zero-order valence-corrected chi connectivity index (χ0v) is 11.7. The van der Waals surface area contributed by atoms with Crippen molar-refractivity contribution in [2.75, 3.05) is 13.6 Å². The number of aliphatic carboxylic acids is 1. The number of amides is 1. The Labute approximate surface area is 109 Å². The molecule has 0 aromatic heterocycles. The molecule has 0 aromatic carbocycles. The third kappa shape index (κ3) is 8.06. The van der Waals surface area contributed by atoms with E-state index in [9.17, 15) is 9.59 Å². The SMILES string of the molecule is CCCC(CCNC(=O)C(C)NC)CCC(=O)O. The van der Waals surface area contributed by atoms with Crippen LogP contribution in [0.4, 0.5) is 0 Å². The highest BCUT2D eigenvalue weighted by molar-refractivity contribution is 5.81. The van der Waals surface area contributed by atoms with Gasteiger partial charge in [0, 0.05) is 13.0 Å². The minimum atomic E-state index is -0.746. The first-order valence-electron chi connectivity index (χ1n) is 6.68. The van der Waals surface area contributed by atoms with Crippen LogP contribution in [-0.4, -0.2) is 36.6 Å². The zero-order chi connectivity index (χ0) is 14.0. The van der Waals surface area contributed by atoms with Crippen LogP contribution in [0.1, 0.15) is 46.0 Å². The topological polar surface area (TPSA) is 78.4 Å². The van der Waals surface area contributed by atoms with E-state index in [0.29, 0.717) is 18.9 Å². The molecule has 0 spiro atoms. The summed E-state index contributed by atoms with van der Waals surface area (Å²) in [6, 6.07) is -0.186. The molecule has 5 nitrogen and oxygen atoms in total. The van der Waals surface area contributed by atoms with Crippen LogP contribution in [0, 0.1) is 5.92 Å². The molecule has 2 atom stereocenters. The smallest absolute Gasteiger partial charge is 0.303 e. The van der Waals surface area contributed by atoms with Crippen LogP contribution in [0.25, 0.3) is 0 Å². The van der Waals surface area contributed by atoms with E-state index in [1.54, 1.807) is 7.05 Å². The summed E-state index contributed by atoms with van der Waals surface area (Å²) in [5.41, 5.74) is 0. The van der Waals surface area contributed by atoms with E-state index in [1.165, 1.54) is 0 Å². The summed E-state index contributed by atoms with van der Waals surface area (Å²) >= 11 is 0. The molecule has 0 saturated heterocycles. The van der Waals surface area contributed by atoms with Gasteiger partial charge in [0.25, 0.3) is 0 Å². The maximum absolute atomic E-state index is 11.5. The van der Waals surface area contributed by atoms with E-state index in [-0.39, 0.29) is 18.4 Å². The molecule has 0 radical (unpaired) electrons. The lowest BCUT2D eigenvalue weighted by molar-refractivity contribution is -0.137. The molecule has 0 rings (SSSR count). The molecular formula is C13H26N2O3. The predicted molar refractivity (Wildman–Crippen MR) is 71.4 cm³/mol. The molecule has 3 N–H and O–H groups in total. The van der Waals surface area contributed by atoms with Crippen LogP contribution < -0.4 is 10.6 Å². The monoisotopic (exact) mass is 258 g/mol. The van der Waals surface area contributed by atoms with Crippen molar-refractivity contribution in [1.82, 2.24) is 10.6 Å². The Hall–Kier alpha value is -1.10. The van der Waals surface area contributed by atoms with Gasteiger partial charge in [0.1, 0.15) is 0 Å². The molecule has 0 aromatic rings. The number of carbonyl (C=O) groups excluding carboxylic acids is 1. The summed E-state index contributed by atoms with van der Waals surface area (Å²) in [6.45, 7) is 4.52. The van der Waals surface area contributed by atoms with Crippen LogP contribution in [0.2, 0.25) is 0 Å². The molecular weight excluding hydrogens is 232 g/mol. The predicted octanol–water partition coefficient (Wildman–Crippen LogP) is 1.38. The minimum Gasteiger partial charge on any atom is -0.481 e. The van der Waals surface area contributed by atoms with Crippen molar-refractivity contribution in [1.29, 1.82) is 0 Å². The molecule has 0 saturated carbocycles. The summed E-state index contributed by atoms with van der Waals surface area (Å²) in [7, 11) is 1.75. The van der Waals surface area contributed by atoms with E-state index in [1.807, 2.05) is 6.92 Å². The van der Waals surface area contributed by atoms with Gasteiger partial charge < -0.3 is 15.7 Å². The van der Waals surface area contributed by atoms with Crippen LogP contribution in [-0.2, 0) is 9.59 Å². The van der Waals surface area contributed by atoms with Crippen molar-refractivity contribution in [2.45, 2.75) is 52.0 Å².